The van der Waals surface area contributed by atoms with E-state index >= 15 is 0 Å². The van der Waals surface area contributed by atoms with E-state index < -0.39 is 0 Å². The van der Waals surface area contributed by atoms with Crippen LogP contribution in [0.5, 0.6) is 0 Å². The second-order valence-electron chi connectivity index (χ2n) is 35.3. The highest BCUT2D eigenvalue weighted by Gasteiger charge is 2.27. The third-order valence-electron chi connectivity index (χ3n) is 26.8. The van der Waals surface area contributed by atoms with Gasteiger partial charge in [0.25, 0.3) is 0 Å². The zero-order valence-electron chi connectivity index (χ0n) is 76.3. The van der Waals surface area contributed by atoms with E-state index in [1.54, 1.807) is 0 Å². The fraction of sp³-hybridized carbons (Fsp3) is 0.0625. The van der Waals surface area contributed by atoms with Gasteiger partial charge in [-0.3, -0.25) is 0 Å². The summed E-state index contributed by atoms with van der Waals surface area (Å²) >= 11 is 41.8. The molecule has 0 fully saturated rings. The Hall–Kier alpha value is -10.7. The third kappa shape index (κ3) is 20.5. The molecule has 148 heavy (non-hydrogen) atoms. The van der Waals surface area contributed by atoms with E-state index in [4.69, 9.17) is 0 Å². The molecule has 0 bridgehead atoms. The van der Waals surface area contributed by atoms with Crippen molar-refractivity contribution in [2.75, 3.05) is 0 Å². The molecule has 11 heterocycles. The first-order valence-corrected chi connectivity index (χ1v) is 59.4. The second kappa shape index (κ2) is 45.4. The van der Waals surface area contributed by atoms with Crippen LogP contribution in [0.25, 0.3) is 178 Å². The van der Waals surface area contributed by atoms with Crippen LogP contribution in [0.3, 0.4) is 0 Å². The van der Waals surface area contributed by atoms with Gasteiger partial charge in [0.1, 0.15) is 0 Å². The fourth-order valence-electron chi connectivity index (χ4n) is 20.5. The van der Waals surface area contributed by atoms with Gasteiger partial charge in [0.2, 0.25) is 0 Å². The lowest BCUT2D eigenvalue weighted by Gasteiger charge is -2.10. The molecule has 4 aliphatic carbocycles. The molecule has 20 heteroatoms. The van der Waals surface area contributed by atoms with Crippen LogP contribution in [0, 0.1) is 3.57 Å². The van der Waals surface area contributed by atoms with E-state index in [0.717, 1.165) is 61.5 Å². The number of fused-ring (bicyclic) bond motifs is 27. The number of thiophene rings is 6. The Morgan fingerprint density at radius 3 is 0.689 bits per heavy atom. The quantitative estimate of drug-likeness (QED) is 0.153. The summed E-state index contributed by atoms with van der Waals surface area (Å²) in [6.45, 7) is 0. The highest BCUT2D eigenvalue weighted by Crippen LogP contribution is 2.49. The number of aromatic nitrogens is 5. The van der Waals surface area contributed by atoms with Crippen molar-refractivity contribution in [3.63, 3.8) is 0 Å². The standard InChI is InChI=1S/C34H19N3S4.2C18H11Br2N.2C13H8Br2.C13H10.C9H6S2.C6H5I.4CH4.H2/c1-2-4-20(5-3-1)35-25-8-6-21(36-27-10-14-38-31(27)32-28(36)11-15-39-32)18-23(25)24-19-22(7-9-26(24)35)37-29-12-16-40-33(29)34-30(37)13-17-41-34;2*19-12-6-8-17-15(10-12)16-11-13(20)7-9-18(16)21(17)14-4-2-1-3-5-14;2*14-10-3-1-8-5-9-2-4-11(15)7-13(9)12(8)6-10;1-3-7-12-10(5-1)9-11-6-2-4-8-13(11)12;1-3-10-8-6(1)5-7-2-4-11-9(7)8;7-6-4-2-1-3-5-6;;;;;/h1-19H;2*1-11H;2*1-4,6-7H,5H2;1-8H,9H2;1-4H,5H2;1-5H;4*1H4;1H/i;;;;;;;;;;;;1+1. The van der Waals surface area contributed by atoms with E-state index in [-0.39, 0.29) is 31.1 Å². The van der Waals surface area contributed by atoms with Gasteiger partial charge in [-0.25, -0.2) is 0 Å². The fourth-order valence-corrected chi connectivity index (χ4v) is 29.7. The van der Waals surface area contributed by atoms with Crippen molar-refractivity contribution in [1.29, 1.82) is 0 Å². The Labute approximate surface area is 968 Å². The molecular weight excluding hydrogens is 2570 g/mol. The van der Waals surface area contributed by atoms with Crippen LogP contribution in [0.15, 0.2) is 456 Å². The average molecular weight is 2660 g/mol. The van der Waals surface area contributed by atoms with Gasteiger partial charge >= 0.3 is 0 Å². The van der Waals surface area contributed by atoms with Gasteiger partial charge in [0.15, 0.2) is 0 Å². The largest absolute Gasteiger partial charge is 0.309 e. The summed E-state index contributed by atoms with van der Waals surface area (Å²) in [4.78, 5) is 3.02. The van der Waals surface area contributed by atoms with E-state index in [1.165, 1.54) is 226 Å². The molecule has 27 aromatic rings. The maximum Gasteiger partial charge on any atom is 0.0704 e. The topological polar surface area (TPSA) is 24.6 Å². The molecule has 0 unspecified atom stereocenters. The molecule has 0 saturated carbocycles. The first kappa shape index (κ1) is 104. The van der Waals surface area contributed by atoms with Crippen LogP contribution < -0.4 is 0 Å². The normalized spacial score (nSPS) is 11.6. The van der Waals surface area contributed by atoms with E-state index in [0.29, 0.717) is 0 Å². The zero-order valence-corrected chi connectivity index (χ0v) is 96.1. The predicted molar refractivity (Wildman–Crippen MR) is 687 cm³/mol. The zero-order chi connectivity index (χ0) is 97.3. The van der Waals surface area contributed by atoms with Gasteiger partial charge in [0, 0.05) is 118 Å². The molecule has 0 atom stereocenters. The van der Waals surface area contributed by atoms with Gasteiger partial charge in [0.05, 0.1) is 74.0 Å². The summed E-state index contributed by atoms with van der Waals surface area (Å²) in [6, 6.07) is 139. The number of para-hydroxylation sites is 3. The molecular formula is C128H96Br8IN5S6. The lowest BCUT2D eigenvalue weighted by atomic mass is 10.1. The SMILES string of the molecule is Brc1ccc2c(c1)-c1cc(Br)ccc1C2.Brc1ccc2c(c1)-c1cc(Br)ccc1C2.Brc1ccc2c(c1)c1cc(Br)ccc1n2-c1ccccc1.Brc1ccc2c(c1)c1cc(Br)ccc1n2-c1ccccc1.C.C.C.C.Ic1ccccc1.[2HH].c1cc2c(s1)-c1sccc1C2.c1ccc(-n2c3ccc(-n4c5ccsc5c5sccc54)cc3c3cc(-n4c5ccsc5c5sccc54)ccc32)cc1.c1ccc2c(c1)Cc1ccccc1-2. The summed E-state index contributed by atoms with van der Waals surface area (Å²) in [6.07, 6.45) is 4.39. The number of halogens is 9. The number of nitrogens with zero attached hydrogens (tertiary/aromatic N) is 5. The van der Waals surface area contributed by atoms with Crippen LogP contribution >= 0.6 is 218 Å². The van der Waals surface area contributed by atoms with Crippen LogP contribution in [0.4, 0.5) is 0 Å². The van der Waals surface area contributed by atoms with Gasteiger partial charge in [-0.05, 0) is 395 Å². The van der Waals surface area contributed by atoms with Crippen molar-refractivity contribution in [3.8, 4) is 71.6 Å². The van der Waals surface area contributed by atoms with Crippen molar-refractivity contribution in [3.05, 3.63) is 504 Å². The van der Waals surface area contributed by atoms with Crippen LogP contribution in [-0.2, 0) is 25.7 Å². The van der Waals surface area contributed by atoms with Crippen molar-refractivity contribution in [2.24, 2.45) is 0 Å². The second-order valence-corrected chi connectivity index (χ2v) is 49.4. The highest BCUT2D eigenvalue weighted by atomic mass is 127. The maximum atomic E-state index is 3.58. The minimum Gasteiger partial charge on any atom is -0.309 e. The Balaban J connectivity index is 0.000000112. The molecule has 31 rings (SSSR count). The highest BCUT2D eigenvalue weighted by molar-refractivity contribution is 14.1. The lowest BCUT2D eigenvalue weighted by molar-refractivity contribution is 1.16. The molecule has 0 N–H and O–H groups in total. The first-order chi connectivity index (χ1) is 70.6. The molecule has 5 nitrogen and oxygen atoms in total. The van der Waals surface area contributed by atoms with Crippen LogP contribution in [0.2, 0.25) is 0 Å². The molecule has 0 saturated heterocycles. The molecule has 0 radical (unpaired) electrons. The minimum absolute atomic E-state index is 0. The summed E-state index contributed by atoms with van der Waals surface area (Å²) in [7, 11) is 0. The van der Waals surface area contributed by atoms with Crippen molar-refractivity contribution in [2.45, 2.75) is 55.4 Å². The number of benzene rings is 16. The first-order valence-electron chi connectivity index (χ1n) is 46.7. The Kier molecular flexibility index (Phi) is 32.1. The monoisotopic (exact) mass is 2650 g/mol. The predicted octanol–water partition coefficient (Wildman–Crippen LogP) is 45.1. The molecule has 16 aromatic carbocycles. The number of hydrogen-bond acceptors (Lipinski definition) is 6. The smallest absolute Gasteiger partial charge is 0.0704 e. The molecule has 732 valence electrons. The van der Waals surface area contributed by atoms with E-state index in [2.05, 4.69) is 563 Å². The summed E-state index contributed by atoms with van der Waals surface area (Å²) < 4.78 is 27.7. The summed E-state index contributed by atoms with van der Waals surface area (Å²) in [5.74, 6) is 0. The van der Waals surface area contributed by atoms with Gasteiger partial charge in [-0.1, -0.05) is 303 Å². The molecule has 0 aliphatic heterocycles. The average Bonchev–Trinajstić information content (AvgIpc) is 1.56. The van der Waals surface area contributed by atoms with Crippen LogP contribution in [-0.4, -0.2) is 22.8 Å². The molecule has 0 amide bonds. The molecule has 4 aliphatic rings. The summed E-state index contributed by atoms with van der Waals surface area (Å²) in [5.41, 5.74) is 38.4. The molecule has 11 aromatic heterocycles. The Morgan fingerprint density at radius 2 is 0.405 bits per heavy atom. The van der Waals surface area contributed by atoms with Crippen molar-refractivity contribution in [1.82, 2.24) is 22.8 Å². The van der Waals surface area contributed by atoms with E-state index in [9.17, 15) is 0 Å². The van der Waals surface area contributed by atoms with Crippen molar-refractivity contribution < 1.29 is 1.43 Å². The third-order valence-corrected chi connectivity index (χ3v) is 37.5. The Morgan fingerprint density at radius 1 is 0.182 bits per heavy atom. The van der Waals surface area contributed by atoms with Gasteiger partial charge in [-0.15, -0.1) is 68.0 Å². The summed E-state index contributed by atoms with van der Waals surface area (Å²) in [5, 5.41) is 20.8. The van der Waals surface area contributed by atoms with Crippen LogP contribution in [0.1, 0.15) is 75.6 Å². The number of rotatable bonds is 5. The van der Waals surface area contributed by atoms with E-state index in [1.807, 2.05) is 98.4 Å². The minimum atomic E-state index is 0. The van der Waals surface area contributed by atoms with Crippen molar-refractivity contribution >= 4 is 324 Å². The maximum absolute atomic E-state index is 3.58. The van der Waals surface area contributed by atoms with Gasteiger partial charge < -0.3 is 22.8 Å². The number of hydrogen-bond donors (Lipinski definition) is 0. The van der Waals surface area contributed by atoms with Gasteiger partial charge in [-0.2, -0.15) is 0 Å². The molecule has 0 spiro atoms. The Bertz CT molecular complexity index is 8760. The lowest BCUT2D eigenvalue weighted by Crippen LogP contribution is -1.95.